The van der Waals surface area contributed by atoms with Crippen LogP contribution in [0.4, 0.5) is 0 Å². The third-order valence-corrected chi connectivity index (χ3v) is 4.75. The molecule has 0 saturated heterocycles. The van der Waals surface area contributed by atoms with E-state index in [0.717, 1.165) is 16.5 Å². The maximum atomic E-state index is 13.3. The molecule has 0 fully saturated rings. The van der Waals surface area contributed by atoms with E-state index < -0.39 is 5.91 Å². The van der Waals surface area contributed by atoms with Crippen LogP contribution in [-0.4, -0.2) is 29.9 Å². The van der Waals surface area contributed by atoms with Crippen molar-refractivity contribution >= 4 is 27.7 Å². The average Bonchev–Trinajstić information content (AvgIpc) is 2.66. The van der Waals surface area contributed by atoms with Crippen LogP contribution < -0.4 is 10.5 Å². The molecule has 0 aliphatic carbocycles. The highest BCUT2D eigenvalue weighted by Crippen LogP contribution is 2.26. The van der Waals surface area contributed by atoms with Crippen molar-refractivity contribution < 1.29 is 14.3 Å². The number of benzene rings is 2. The number of hydrogen-bond donors (Lipinski definition) is 1. The van der Waals surface area contributed by atoms with Crippen LogP contribution >= 0.6 is 15.9 Å². The van der Waals surface area contributed by atoms with Crippen molar-refractivity contribution in [1.29, 1.82) is 0 Å². The Bertz CT molecular complexity index is 794. The van der Waals surface area contributed by atoms with Crippen molar-refractivity contribution in [1.82, 2.24) is 4.90 Å². The molecular weight excluding hydrogens is 420 g/mol. The normalized spacial score (nSPS) is 10.7. The minimum atomic E-state index is -0.437. The summed E-state index contributed by atoms with van der Waals surface area (Å²) in [5.41, 5.74) is 6.77. The monoisotopic (exact) mass is 446 g/mol. The van der Waals surface area contributed by atoms with Gasteiger partial charge in [-0.05, 0) is 36.1 Å². The molecule has 0 heterocycles. The molecule has 0 aromatic heterocycles. The second-order valence-electron chi connectivity index (χ2n) is 7.10. The van der Waals surface area contributed by atoms with Crippen molar-refractivity contribution in [2.75, 3.05) is 13.2 Å². The zero-order chi connectivity index (χ0) is 20.5. The van der Waals surface area contributed by atoms with Gasteiger partial charge in [0.2, 0.25) is 5.91 Å². The van der Waals surface area contributed by atoms with E-state index in [9.17, 15) is 9.59 Å². The fourth-order valence-corrected chi connectivity index (χ4v) is 3.03. The highest BCUT2D eigenvalue weighted by molar-refractivity contribution is 9.10. The Kier molecular flexibility index (Phi) is 8.51. The first-order valence-electron chi connectivity index (χ1n) is 9.40. The van der Waals surface area contributed by atoms with Crippen LogP contribution in [-0.2, 0) is 11.3 Å². The van der Waals surface area contributed by atoms with E-state index in [1.807, 2.05) is 36.4 Å². The molecule has 0 radical (unpaired) electrons. The number of halogens is 1. The predicted octanol–water partition coefficient (Wildman–Crippen LogP) is 4.39. The molecule has 6 heteroatoms. The lowest BCUT2D eigenvalue weighted by Gasteiger charge is -2.24. The first-order chi connectivity index (χ1) is 13.4. The van der Waals surface area contributed by atoms with Gasteiger partial charge < -0.3 is 15.4 Å². The highest BCUT2D eigenvalue weighted by atomic mass is 79.9. The molecule has 2 amide bonds. The van der Waals surface area contributed by atoms with Gasteiger partial charge in [-0.15, -0.1) is 0 Å². The number of ether oxygens (including phenoxy) is 1. The maximum Gasteiger partial charge on any atom is 0.257 e. The van der Waals surface area contributed by atoms with Gasteiger partial charge in [0.05, 0.1) is 12.2 Å². The number of nitrogens with two attached hydrogens (primary N) is 1. The van der Waals surface area contributed by atoms with E-state index in [4.69, 9.17) is 10.5 Å². The average molecular weight is 447 g/mol. The van der Waals surface area contributed by atoms with Gasteiger partial charge >= 0.3 is 0 Å². The summed E-state index contributed by atoms with van der Waals surface area (Å²) in [6.45, 7) is 5.44. The summed E-state index contributed by atoms with van der Waals surface area (Å²) in [6.07, 6.45) is 1.01. The predicted molar refractivity (Wildman–Crippen MR) is 114 cm³/mol. The van der Waals surface area contributed by atoms with Crippen molar-refractivity contribution in [3.8, 4) is 5.75 Å². The number of amides is 2. The van der Waals surface area contributed by atoms with Crippen molar-refractivity contribution in [2.45, 2.75) is 33.2 Å². The van der Waals surface area contributed by atoms with E-state index in [2.05, 4.69) is 29.8 Å². The van der Waals surface area contributed by atoms with Crippen LogP contribution in [0.3, 0.4) is 0 Å². The molecule has 0 aliphatic rings. The topological polar surface area (TPSA) is 72.6 Å². The number of carbonyl (C=O) groups excluding carboxylic acids is 2. The molecule has 2 rings (SSSR count). The Morgan fingerprint density at radius 1 is 1.14 bits per heavy atom. The highest BCUT2D eigenvalue weighted by Gasteiger charge is 2.21. The third-order valence-electron chi connectivity index (χ3n) is 4.26. The summed E-state index contributed by atoms with van der Waals surface area (Å²) in [5, 5.41) is 0. The smallest absolute Gasteiger partial charge is 0.257 e. The van der Waals surface area contributed by atoms with Crippen molar-refractivity contribution in [3.05, 3.63) is 64.1 Å². The Balaban J connectivity index is 2.25. The van der Waals surface area contributed by atoms with Gasteiger partial charge in [-0.2, -0.15) is 0 Å². The fourth-order valence-electron chi connectivity index (χ4n) is 2.67. The number of rotatable bonds is 10. The number of primary amides is 1. The summed E-state index contributed by atoms with van der Waals surface area (Å²) < 4.78 is 6.68. The number of nitrogens with zero attached hydrogens (tertiary/aromatic N) is 1. The lowest BCUT2D eigenvalue weighted by molar-refractivity contribution is -0.118. The molecule has 2 aromatic carbocycles. The van der Waals surface area contributed by atoms with Gasteiger partial charge in [0.25, 0.3) is 5.91 Å². The van der Waals surface area contributed by atoms with Crippen LogP contribution in [0, 0.1) is 5.92 Å². The van der Waals surface area contributed by atoms with E-state index in [1.54, 1.807) is 17.0 Å². The fraction of sp³-hybridized carbons (Fsp3) is 0.364. The van der Waals surface area contributed by atoms with E-state index in [-0.39, 0.29) is 18.9 Å². The van der Waals surface area contributed by atoms with Gasteiger partial charge in [-0.25, -0.2) is 0 Å². The largest absolute Gasteiger partial charge is 0.493 e. The third kappa shape index (κ3) is 7.00. The standard InChI is InChI=1S/C22H27BrN2O3/c1-16(2)11-13-28-20-9-8-18(23)14-19(20)22(27)25(12-10-21(24)26)15-17-6-4-3-5-7-17/h3-9,14,16H,10-13,15H2,1-2H3,(H2,24,26). The summed E-state index contributed by atoms with van der Waals surface area (Å²) in [5.74, 6) is 0.435. The maximum absolute atomic E-state index is 13.3. The molecule has 150 valence electrons. The van der Waals surface area contributed by atoms with Gasteiger partial charge in [-0.1, -0.05) is 60.1 Å². The van der Waals surface area contributed by atoms with Gasteiger partial charge in [-0.3, -0.25) is 9.59 Å². The lowest BCUT2D eigenvalue weighted by Crippen LogP contribution is -2.34. The first kappa shape index (κ1) is 22.0. The van der Waals surface area contributed by atoms with Gasteiger partial charge in [0.1, 0.15) is 5.75 Å². The summed E-state index contributed by atoms with van der Waals surface area (Å²) in [6, 6.07) is 15.1. The Morgan fingerprint density at radius 2 is 1.86 bits per heavy atom. The quantitative estimate of drug-likeness (QED) is 0.587. The minimum Gasteiger partial charge on any atom is -0.493 e. The molecule has 0 saturated carbocycles. The first-order valence-corrected chi connectivity index (χ1v) is 10.2. The molecule has 5 nitrogen and oxygen atoms in total. The molecule has 28 heavy (non-hydrogen) atoms. The molecule has 2 N–H and O–H groups in total. The minimum absolute atomic E-state index is 0.107. The van der Waals surface area contributed by atoms with Crippen LogP contribution in [0.25, 0.3) is 0 Å². The van der Waals surface area contributed by atoms with Gasteiger partial charge in [0.15, 0.2) is 0 Å². The van der Waals surface area contributed by atoms with Crippen LogP contribution in [0.5, 0.6) is 5.75 Å². The van der Waals surface area contributed by atoms with E-state index in [0.29, 0.717) is 30.4 Å². The second-order valence-corrected chi connectivity index (χ2v) is 8.02. The Labute approximate surface area is 175 Å². The van der Waals surface area contributed by atoms with Crippen LogP contribution in [0.2, 0.25) is 0 Å². The second kappa shape index (κ2) is 10.9. The Hall–Kier alpha value is -2.34. The van der Waals surface area contributed by atoms with Crippen molar-refractivity contribution in [3.63, 3.8) is 0 Å². The van der Waals surface area contributed by atoms with Crippen LogP contribution in [0.15, 0.2) is 53.0 Å². The SMILES string of the molecule is CC(C)CCOc1ccc(Br)cc1C(=O)N(CCC(N)=O)Cc1ccccc1. The molecule has 2 aromatic rings. The number of carbonyl (C=O) groups is 2. The summed E-state index contributed by atoms with van der Waals surface area (Å²) >= 11 is 3.43. The molecule has 0 spiro atoms. The zero-order valence-corrected chi connectivity index (χ0v) is 17.9. The summed E-state index contributed by atoms with van der Waals surface area (Å²) in [7, 11) is 0. The zero-order valence-electron chi connectivity index (χ0n) is 16.4. The van der Waals surface area contributed by atoms with Gasteiger partial charge in [0, 0.05) is 24.0 Å². The molecule has 0 bridgehead atoms. The molecular formula is C22H27BrN2O3. The Morgan fingerprint density at radius 3 is 2.50 bits per heavy atom. The van der Waals surface area contributed by atoms with E-state index >= 15 is 0 Å². The molecule has 0 unspecified atom stereocenters. The lowest BCUT2D eigenvalue weighted by atomic mass is 10.1. The van der Waals surface area contributed by atoms with E-state index in [1.165, 1.54) is 0 Å². The summed E-state index contributed by atoms with van der Waals surface area (Å²) in [4.78, 5) is 26.2. The number of hydrogen-bond acceptors (Lipinski definition) is 3. The van der Waals surface area contributed by atoms with Crippen molar-refractivity contribution in [2.24, 2.45) is 11.7 Å². The molecule has 0 aliphatic heterocycles. The molecule has 0 atom stereocenters. The van der Waals surface area contributed by atoms with Crippen LogP contribution in [0.1, 0.15) is 42.6 Å².